The monoisotopic (exact) mass is 304 g/mol. The topological polar surface area (TPSA) is 84.9 Å². The predicted molar refractivity (Wildman–Crippen MR) is 76.6 cm³/mol. The molecule has 1 aromatic carbocycles. The van der Waals surface area contributed by atoms with Gasteiger partial charge in [-0.1, -0.05) is 30.3 Å². The molecule has 2 rings (SSSR count). The molecule has 0 bridgehead atoms. The molecule has 1 aliphatic rings. The third-order valence-corrected chi connectivity index (χ3v) is 2.89. The Hall–Kier alpha value is -2.83. The van der Waals surface area contributed by atoms with Crippen LogP contribution in [0.25, 0.3) is 5.76 Å². The highest BCUT2D eigenvalue weighted by Crippen LogP contribution is 2.22. The first-order chi connectivity index (χ1) is 10.5. The number of hydrogen-bond acceptors (Lipinski definition) is 5. The molecule has 7 heteroatoms. The molecule has 0 fully saturated rings. The van der Waals surface area contributed by atoms with Gasteiger partial charge in [0, 0.05) is 11.6 Å². The summed E-state index contributed by atoms with van der Waals surface area (Å²) >= 11 is 0. The van der Waals surface area contributed by atoms with E-state index in [-0.39, 0.29) is 6.61 Å². The Morgan fingerprint density at radius 1 is 1.32 bits per heavy atom. The van der Waals surface area contributed by atoms with Crippen LogP contribution in [0.15, 0.2) is 36.4 Å². The van der Waals surface area contributed by atoms with Crippen molar-refractivity contribution in [1.29, 1.82) is 0 Å². The maximum Gasteiger partial charge on any atom is 0.398 e. The molecule has 0 saturated heterocycles. The van der Waals surface area contributed by atoms with Crippen molar-refractivity contribution in [3.05, 3.63) is 42.0 Å². The number of nitrogens with zero attached hydrogens (tertiary/aromatic N) is 1. The molecule has 22 heavy (non-hydrogen) atoms. The van der Waals surface area contributed by atoms with Crippen LogP contribution in [0, 0.1) is 0 Å². The zero-order valence-electron chi connectivity index (χ0n) is 12.2. The number of benzene rings is 1. The summed E-state index contributed by atoms with van der Waals surface area (Å²) in [6, 6.07) is 9.11. The van der Waals surface area contributed by atoms with Crippen molar-refractivity contribution in [2.75, 3.05) is 6.61 Å². The van der Waals surface area contributed by atoms with Gasteiger partial charge in [0.1, 0.15) is 5.76 Å². The molecule has 2 amide bonds. The van der Waals surface area contributed by atoms with E-state index in [0.717, 1.165) is 10.6 Å². The van der Waals surface area contributed by atoms with Gasteiger partial charge in [-0.2, -0.15) is 0 Å². The highest BCUT2D eigenvalue weighted by atomic mass is 16.5. The maximum absolute atomic E-state index is 12.1. The Morgan fingerprint density at radius 2 is 2.00 bits per heavy atom. The van der Waals surface area contributed by atoms with Gasteiger partial charge in [-0.05, 0) is 13.8 Å². The molecule has 116 valence electrons. The largest absolute Gasteiger partial charge is 0.468 e. The second kappa shape index (κ2) is 6.75. The third kappa shape index (κ3) is 3.43. The summed E-state index contributed by atoms with van der Waals surface area (Å²) in [6.07, 6.45) is 0.493. The van der Waals surface area contributed by atoms with E-state index in [4.69, 9.17) is 4.74 Å². The summed E-state index contributed by atoms with van der Waals surface area (Å²) in [7, 11) is 0. The van der Waals surface area contributed by atoms with E-state index in [1.54, 1.807) is 26.0 Å². The van der Waals surface area contributed by atoms with Crippen molar-refractivity contribution in [3.8, 4) is 0 Å². The molecule has 1 atom stereocenters. The molecule has 0 spiro atoms. The van der Waals surface area contributed by atoms with Crippen LogP contribution in [-0.4, -0.2) is 35.6 Å². The molecule has 0 aliphatic carbocycles. The SMILES string of the molecule is CCOC(=O)C(=O)NN1C(=O)C=C(c2ccccc2)O[C@H]1C. The van der Waals surface area contributed by atoms with Crippen LogP contribution in [0.5, 0.6) is 0 Å². The van der Waals surface area contributed by atoms with E-state index in [2.05, 4.69) is 10.2 Å². The number of carbonyl (C=O) groups excluding carboxylic acids is 3. The summed E-state index contributed by atoms with van der Waals surface area (Å²) < 4.78 is 10.2. The van der Waals surface area contributed by atoms with Gasteiger partial charge in [0.2, 0.25) is 0 Å². The molecular weight excluding hydrogens is 288 g/mol. The van der Waals surface area contributed by atoms with Gasteiger partial charge in [0.25, 0.3) is 5.91 Å². The minimum atomic E-state index is -1.06. The van der Waals surface area contributed by atoms with Crippen LogP contribution in [-0.2, 0) is 23.9 Å². The standard InChI is InChI=1S/C15H16N2O5/c1-3-21-15(20)14(19)16-17-10(2)22-12(9-13(17)18)11-7-5-4-6-8-11/h4-10H,3H2,1-2H3,(H,16,19)/t10-/m0/s1. The Kier molecular flexibility index (Phi) is 4.77. The molecule has 1 aliphatic heterocycles. The third-order valence-electron chi connectivity index (χ3n) is 2.89. The highest BCUT2D eigenvalue weighted by molar-refractivity contribution is 6.32. The zero-order valence-corrected chi connectivity index (χ0v) is 12.2. The van der Waals surface area contributed by atoms with Crippen LogP contribution in [0.1, 0.15) is 19.4 Å². The first-order valence-corrected chi connectivity index (χ1v) is 6.77. The van der Waals surface area contributed by atoms with Gasteiger partial charge >= 0.3 is 11.9 Å². The lowest BCUT2D eigenvalue weighted by molar-refractivity contribution is -0.162. The number of esters is 1. The zero-order chi connectivity index (χ0) is 16.1. The molecule has 0 saturated carbocycles. The van der Waals surface area contributed by atoms with E-state index in [0.29, 0.717) is 5.76 Å². The number of ether oxygens (including phenoxy) is 2. The van der Waals surface area contributed by atoms with Crippen molar-refractivity contribution in [2.24, 2.45) is 0 Å². The van der Waals surface area contributed by atoms with Gasteiger partial charge in [-0.15, -0.1) is 0 Å². The van der Waals surface area contributed by atoms with Crippen molar-refractivity contribution in [2.45, 2.75) is 20.1 Å². The van der Waals surface area contributed by atoms with Crippen LogP contribution < -0.4 is 5.43 Å². The lowest BCUT2D eigenvalue weighted by Crippen LogP contribution is -2.54. The van der Waals surface area contributed by atoms with Crippen molar-refractivity contribution in [3.63, 3.8) is 0 Å². The quantitative estimate of drug-likeness (QED) is 0.660. The minimum absolute atomic E-state index is 0.0737. The number of amides is 2. The fraction of sp³-hybridized carbons (Fsp3) is 0.267. The highest BCUT2D eigenvalue weighted by Gasteiger charge is 2.30. The Bertz CT molecular complexity index is 612. The van der Waals surface area contributed by atoms with Gasteiger partial charge in [0.05, 0.1) is 6.61 Å². The normalized spacial score (nSPS) is 17.4. The number of hydrogen-bond donors (Lipinski definition) is 1. The fourth-order valence-electron chi connectivity index (χ4n) is 1.88. The molecule has 0 aromatic heterocycles. The average molecular weight is 304 g/mol. The molecule has 1 heterocycles. The van der Waals surface area contributed by atoms with Crippen molar-refractivity contribution in [1.82, 2.24) is 10.4 Å². The summed E-state index contributed by atoms with van der Waals surface area (Å²) in [5.74, 6) is -2.17. The Balaban J connectivity index is 2.11. The van der Waals surface area contributed by atoms with E-state index in [9.17, 15) is 14.4 Å². The summed E-state index contributed by atoms with van der Waals surface area (Å²) in [6.45, 7) is 3.24. The van der Waals surface area contributed by atoms with Gasteiger partial charge < -0.3 is 9.47 Å². The van der Waals surface area contributed by atoms with Crippen LogP contribution in [0.4, 0.5) is 0 Å². The first-order valence-electron chi connectivity index (χ1n) is 6.77. The molecule has 0 radical (unpaired) electrons. The lowest BCUT2D eigenvalue weighted by Gasteiger charge is -2.32. The minimum Gasteiger partial charge on any atom is -0.468 e. The van der Waals surface area contributed by atoms with Crippen LogP contribution in [0.3, 0.4) is 0 Å². The lowest BCUT2D eigenvalue weighted by atomic mass is 10.1. The van der Waals surface area contributed by atoms with Crippen molar-refractivity contribution >= 4 is 23.5 Å². The maximum atomic E-state index is 12.1. The van der Waals surface area contributed by atoms with E-state index in [1.807, 2.05) is 18.2 Å². The molecule has 7 nitrogen and oxygen atoms in total. The average Bonchev–Trinajstić information content (AvgIpc) is 2.51. The van der Waals surface area contributed by atoms with Crippen LogP contribution >= 0.6 is 0 Å². The Labute approximate surface area is 127 Å². The molecule has 1 N–H and O–H groups in total. The van der Waals surface area contributed by atoms with Crippen molar-refractivity contribution < 1.29 is 23.9 Å². The first kappa shape index (κ1) is 15.6. The summed E-state index contributed by atoms with van der Waals surface area (Å²) in [4.78, 5) is 35.0. The molecule has 0 unspecified atom stereocenters. The van der Waals surface area contributed by atoms with Gasteiger partial charge in [0.15, 0.2) is 6.23 Å². The molecular formula is C15H16N2O5. The smallest absolute Gasteiger partial charge is 0.398 e. The fourth-order valence-corrected chi connectivity index (χ4v) is 1.88. The number of nitrogens with one attached hydrogen (secondary N) is 1. The summed E-state index contributed by atoms with van der Waals surface area (Å²) in [5.41, 5.74) is 2.92. The second-order valence-corrected chi connectivity index (χ2v) is 4.46. The number of hydrazine groups is 1. The van der Waals surface area contributed by atoms with E-state index >= 15 is 0 Å². The van der Waals surface area contributed by atoms with Crippen LogP contribution in [0.2, 0.25) is 0 Å². The Morgan fingerprint density at radius 3 is 2.59 bits per heavy atom. The van der Waals surface area contributed by atoms with E-state index in [1.165, 1.54) is 6.08 Å². The molecule has 1 aromatic rings. The number of rotatable bonds is 3. The second-order valence-electron chi connectivity index (χ2n) is 4.46. The van der Waals surface area contributed by atoms with Gasteiger partial charge in [-0.3, -0.25) is 15.0 Å². The van der Waals surface area contributed by atoms with E-state index < -0.39 is 24.0 Å². The summed E-state index contributed by atoms with van der Waals surface area (Å²) in [5, 5.41) is 0.936. The van der Waals surface area contributed by atoms with Gasteiger partial charge in [-0.25, -0.2) is 9.80 Å². The number of carbonyl (C=O) groups is 3. The predicted octanol–water partition coefficient (Wildman–Crippen LogP) is 0.827.